The molecule has 4 heteroatoms. The average molecular weight is 280 g/mol. The van der Waals surface area contributed by atoms with Crippen molar-refractivity contribution in [2.75, 3.05) is 12.9 Å². The Morgan fingerprint density at radius 3 is 2.47 bits per heavy atom. The molecular weight excluding hydrogens is 260 g/mol. The first kappa shape index (κ1) is 15.6. The fourth-order valence-corrected chi connectivity index (χ4v) is 2.55. The van der Waals surface area contributed by atoms with Crippen LogP contribution in [0.1, 0.15) is 25.3 Å². The highest BCUT2D eigenvalue weighted by Gasteiger charge is 2.09. The van der Waals surface area contributed by atoms with E-state index in [9.17, 15) is 9.00 Å². The topological polar surface area (TPSA) is 43.4 Å². The van der Waals surface area contributed by atoms with Crippen molar-refractivity contribution in [1.82, 2.24) is 0 Å². The number of benzene rings is 1. The molecule has 0 N–H and O–H groups in total. The summed E-state index contributed by atoms with van der Waals surface area (Å²) in [5, 5.41) is 0. The zero-order chi connectivity index (χ0) is 14.3. The molecule has 0 saturated carbocycles. The number of carbonyl (C=O) groups excluding carboxylic acids is 1. The van der Waals surface area contributed by atoms with Crippen LogP contribution in [0.2, 0.25) is 0 Å². The van der Waals surface area contributed by atoms with Gasteiger partial charge in [0.05, 0.1) is 29.4 Å². The van der Waals surface area contributed by atoms with Crippen LogP contribution < -0.4 is 0 Å². The van der Waals surface area contributed by atoms with Gasteiger partial charge in [0.15, 0.2) is 5.78 Å². The van der Waals surface area contributed by atoms with Crippen LogP contribution in [0.5, 0.6) is 0 Å². The van der Waals surface area contributed by atoms with Crippen molar-refractivity contribution in [3.05, 3.63) is 41.7 Å². The SMILES string of the molecule is CCC/C(=C\C(=O)CS(=O)c1ccc(C)cc1)OC. The molecule has 0 radical (unpaired) electrons. The molecule has 1 aromatic carbocycles. The van der Waals surface area contributed by atoms with E-state index < -0.39 is 10.8 Å². The molecule has 1 rings (SSSR count). The lowest BCUT2D eigenvalue weighted by atomic mass is 10.2. The van der Waals surface area contributed by atoms with Crippen molar-refractivity contribution in [3.63, 3.8) is 0 Å². The quantitative estimate of drug-likeness (QED) is 0.569. The predicted octanol–water partition coefficient (Wildman–Crippen LogP) is 3.00. The summed E-state index contributed by atoms with van der Waals surface area (Å²) in [6.07, 6.45) is 3.09. The lowest BCUT2D eigenvalue weighted by molar-refractivity contribution is -0.112. The Balaban J connectivity index is 2.66. The Morgan fingerprint density at radius 1 is 1.32 bits per heavy atom. The Bertz CT molecular complexity index is 475. The molecular formula is C15H20O3S. The Hall–Kier alpha value is -1.42. The number of hydrogen-bond donors (Lipinski definition) is 0. The summed E-state index contributed by atoms with van der Waals surface area (Å²) in [4.78, 5) is 12.5. The van der Waals surface area contributed by atoms with Crippen molar-refractivity contribution < 1.29 is 13.7 Å². The van der Waals surface area contributed by atoms with Crippen LogP contribution in [0, 0.1) is 6.92 Å². The minimum Gasteiger partial charge on any atom is -0.501 e. The van der Waals surface area contributed by atoms with E-state index in [-0.39, 0.29) is 11.5 Å². The van der Waals surface area contributed by atoms with Gasteiger partial charge in [0.25, 0.3) is 0 Å². The maximum absolute atomic E-state index is 12.0. The molecule has 0 aliphatic carbocycles. The zero-order valence-corrected chi connectivity index (χ0v) is 12.5. The molecule has 1 atom stereocenters. The van der Waals surface area contributed by atoms with Crippen LogP contribution in [-0.2, 0) is 20.3 Å². The third kappa shape index (κ3) is 5.39. The van der Waals surface area contributed by atoms with Gasteiger partial charge >= 0.3 is 0 Å². The van der Waals surface area contributed by atoms with Crippen LogP contribution in [0.4, 0.5) is 0 Å². The summed E-state index contributed by atoms with van der Waals surface area (Å²) in [7, 11) is 0.254. The molecule has 19 heavy (non-hydrogen) atoms. The van der Waals surface area contributed by atoms with Crippen molar-refractivity contribution in [3.8, 4) is 0 Å². The summed E-state index contributed by atoms with van der Waals surface area (Å²) in [5.41, 5.74) is 1.11. The van der Waals surface area contributed by atoms with Crippen molar-refractivity contribution in [2.24, 2.45) is 0 Å². The fraction of sp³-hybridized carbons (Fsp3) is 0.400. The van der Waals surface area contributed by atoms with Crippen LogP contribution in [0.3, 0.4) is 0 Å². The Morgan fingerprint density at radius 2 is 1.95 bits per heavy atom. The molecule has 1 aromatic rings. The highest BCUT2D eigenvalue weighted by molar-refractivity contribution is 7.85. The van der Waals surface area contributed by atoms with E-state index in [2.05, 4.69) is 0 Å². The third-order valence-corrected chi connectivity index (χ3v) is 3.98. The van der Waals surface area contributed by atoms with Gasteiger partial charge in [-0.25, -0.2) is 0 Å². The monoisotopic (exact) mass is 280 g/mol. The maximum Gasteiger partial charge on any atom is 0.171 e. The molecule has 104 valence electrons. The van der Waals surface area contributed by atoms with E-state index >= 15 is 0 Å². The molecule has 1 unspecified atom stereocenters. The second kappa shape index (κ2) is 7.89. The number of ketones is 1. The van der Waals surface area contributed by atoms with Crippen LogP contribution >= 0.6 is 0 Å². The van der Waals surface area contributed by atoms with Gasteiger partial charge in [0.1, 0.15) is 0 Å². The number of carbonyl (C=O) groups is 1. The van der Waals surface area contributed by atoms with Gasteiger partial charge in [-0.3, -0.25) is 9.00 Å². The van der Waals surface area contributed by atoms with Gasteiger partial charge in [-0.15, -0.1) is 0 Å². The van der Waals surface area contributed by atoms with E-state index in [0.29, 0.717) is 10.7 Å². The molecule has 0 bridgehead atoms. The van der Waals surface area contributed by atoms with Crippen molar-refractivity contribution in [1.29, 1.82) is 0 Å². The number of rotatable bonds is 7. The Kier molecular flexibility index (Phi) is 6.50. The number of ether oxygens (including phenoxy) is 1. The summed E-state index contributed by atoms with van der Waals surface area (Å²) in [6.45, 7) is 3.98. The van der Waals surface area contributed by atoms with E-state index in [1.165, 1.54) is 6.08 Å². The smallest absolute Gasteiger partial charge is 0.171 e. The van der Waals surface area contributed by atoms with Gasteiger partial charge in [-0.05, 0) is 25.5 Å². The number of aryl methyl sites for hydroxylation is 1. The molecule has 0 fully saturated rings. The fourth-order valence-electron chi connectivity index (χ4n) is 1.60. The van der Waals surface area contributed by atoms with E-state index in [0.717, 1.165) is 18.4 Å². The van der Waals surface area contributed by atoms with E-state index in [1.807, 2.05) is 26.0 Å². The molecule has 0 spiro atoms. The number of hydrogen-bond acceptors (Lipinski definition) is 3. The van der Waals surface area contributed by atoms with Crippen molar-refractivity contribution in [2.45, 2.75) is 31.6 Å². The molecule has 0 aliphatic heterocycles. The molecule has 0 aromatic heterocycles. The first-order valence-corrected chi connectivity index (χ1v) is 7.61. The largest absolute Gasteiger partial charge is 0.501 e. The first-order chi connectivity index (χ1) is 9.06. The summed E-state index contributed by atoms with van der Waals surface area (Å²) < 4.78 is 17.1. The highest BCUT2D eigenvalue weighted by Crippen LogP contribution is 2.10. The normalized spacial score (nSPS) is 13.1. The minimum atomic E-state index is -1.29. The number of allylic oxidation sites excluding steroid dienone is 2. The third-order valence-electron chi connectivity index (χ3n) is 2.64. The van der Waals surface area contributed by atoms with Crippen LogP contribution in [0.25, 0.3) is 0 Å². The van der Waals surface area contributed by atoms with E-state index in [1.54, 1.807) is 19.2 Å². The van der Waals surface area contributed by atoms with Gasteiger partial charge < -0.3 is 4.74 Å². The highest BCUT2D eigenvalue weighted by atomic mass is 32.2. The maximum atomic E-state index is 12.0. The average Bonchev–Trinajstić information content (AvgIpc) is 2.38. The summed E-state index contributed by atoms with van der Waals surface area (Å²) >= 11 is 0. The molecule has 0 saturated heterocycles. The Labute approximate surface area is 117 Å². The summed E-state index contributed by atoms with van der Waals surface area (Å²) in [6, 6.07) is 7.38. The lowest BCUT2D eigenvalue weighted by Gasteiger charge is -2.04. The molecule has 0 amide bonds. The van der Waals surface area contributed by atoms with Gasteiger partial charge in [-0.2, -0.15) is 0 Å². The second-order valence-corrected chi connectivity index (χ2v) is 5.79. The van der Waals surface area contributed by atoms with Crippen LogP contribution in [0.15, 0.2) is 41.0 Å². The first-order valence-electron chi connectivity index (χ1n) is 6.29. The lowest BCUT2D eigenvalue weighted by Crippen LogP contribution is -2.09. The molecule has 3 nitrogen and oxygen atoms in total. The second-order valence-electron chi connectivity index (χ2n) is 4.33. The van der Waals surface area contributed by atoms with Crippen LogP contribution in [-0.4, -0.2) is 22.9 Å². The number of methoxy groups -OCH3 is 1. The predicted molar refractivity (Wildman–Crippen MR) is 77.5 cm³/mol. The molecule has 0 aliphatic rings. The van der Waals surface area contributed by atoms with Gasteiger partial charge in [0, 0.05) is 17.4 Å². The summed E-state index contributed by atoms with van der Waals surface area (Å²) in [5.74, 6) is 0.484. The standard InChI is InChI=1S/C15H20O3S/c1-4-5-14(18-3)10-13(16)11-19(17)15-8-6-12(2)7-9-15/h6-10H,4-5,11H2,1-3H3/b14-10+. The van der Waals surface area contributed by atoms with E-state index in [4.69, 9.17) is 4.74 Å². The van der Waals surface area contributed by atoms with Gasteiger partial charge in [0.2, 0.25) is 0 Å². The van der Waals surface area contributed by atoms with Gasteiger partial charge in [-0.1, -0.05) is 24.6 Å². The molecule has 0 heterocycles. The van der Waals surface area contributed by atoms with Crippen molar-refractivity contribution >= 4 is 16.6 Å². The zero-order valence-electron chi connectivity index (χ0n) is 11.6. The minimum absolute atomic E-state index is 0.000362.